The molecule has 1 aliphatic rings. The van der Waals surface area contributed by atoms with Gasteiger partial charge in [0.25, 0.3) is 0 Å². The summed E-state index contributed by atoms with van der Waals surface area (Å²) in [6.07, 6.45) is 6.05. The van der Waals surface area contributed by atoms with Crippen molar-refractivity contribution in [3.8, 4) is 12.3 Å². The topological polar surface area (TPSA) is 29.5 Å². The van der Waals surface area contributed by atoms with E-state index in [2.05, 4.69) is 5.92 Å². The van der Waals surface area contributed by atoms with Gasteiger partial charge in [0, 0.05) is 19.5 Å². The Morgan fingerprint density at radius 3 is 2.60 bits per heavy atom. The van der Waals surface area contributed by atoms with Gasteiger partial charge in [0.05, 0.1) is 0 Å². The number of carbonyl (C=O) groups excluding carboxylic acids is 1. The Morgan fingerprint density at radius 2 is 2.20 bits per heavy atom. The van der Waals surface area contributed by atoms with E-state index in [1.54, 1.807) is 11.9 Å². The normalized spacial score (nSPS) is 24.2. The highest BCUT2D eigenvalue weighted by molar-refractivity contribution is 5.67. The fraction of sp³-hybridized carbons (Fsp3) is 0.750. The average Bonchev–Trinajstić information content (AvgIpc) is 2.80. The first-order valence-corrected chi connectivity index (χ1v) is 5.23. The molecule has 0 aromatic heterocycles. The number of ether oxygens (including phenoxy) is 1. The third-order valence-electron chi connectivity index (χ3n) is 2.35. The first-order chi connectivity index (χ1) is 6.83. The summed E-state index contributed by atoms with van der Waals surface area (Å²) >= 11 is 0. The molecule has 1 amide bonds. The molecule has 0 aromatic rings. The molecule has 0 N–H and O–H groups in total. The van der Waals surface area contributed by atoms with Crippen LogP contribution in [0.3, 0.4) is 0 Å². The minimum absolute atomic E-state index is 0.273. The molecule has 84 valence electrons. The molecule has 0 unspecified atom stereocenters. The minimum Gasteiger partial charge on any atom is -0.444 e. The number of amides is 1. The van der Waals surface area contributed by atoms with Crippen molar-refractivity contribution in [3.63, 3.8) is 0 Å². The highest BCUT2D eigenvalue weighted by Crippen LogP contribution is 2.38. The van der Waals surface area contributed by atoms with Crippen molar-refractivity contribution in [1.82, 2.24) is 4.90 Å². The molecule has 0 spiro atoms. The number of terminal acetylenes is 1. The van der Waals surface area contributed by atoms with Gasteiger partial charge in [-0.3, -0.25) is 0 Å². The summed E-state index contributed by atoms with van der Waals surface area (Å²) in [7, 11) is 1.75. The number of hydrogen-bond donors (Lipinski definition) is 0. The van der Waals surface area contributed by atoms with Crippen molar-refractivity contribution in [2.45, 2.75) is 32.8 Å². The molecule has 3 heteroatoms. The van der Waals surface area contributed by atoms with E-state index < -0.39 is 5.60 Å². The van der Waals surface area contributed by atoms with Crippen LogP contribution in [0.1, 0.15) is 27.2 Å². The highest BCUT2D eigenvalue weighted by Gasteiger charge is 2.37. The molecule has 0 aliphatic heterocycles. The second-order valence-corrected chi connectivity index (χ2v) is 5.13. The average molecular weight is 209 g/mol. The van der Waals surface area contributed by atoms with E-state index in [1.165, 1.54) is 0 Å². The van der Waals surface area contributed by atoms with E-state index in [-0.39, 0.29) is 6.09 Å². The summed E-state index contributed by atoms with van der Waals surface area (Å²) in [5.41, 5.74) is -0.430. The zero-order valence-electron chi connectivity index (χ0n) is 9.91. The van der Waals surface area contributed by atoms with E-state index in [0.29, 0.717) is 18.4 Å². The van der Waals surface area contributed by atoms with Gasteiger partial charge in [0.1, 0.15) is 5.60 Å². The Balaban J connectivity index is 2.32. The largest absolute Gasteiger partial charge is 0.444 e. The van der Waals surface area contributed by atoms with Crippen molar-refractivity contribution < 1.29 is 9.53 Å². The van der Waals surface area contributed by atoms with Gasteiger partial charge in [0.2, 0.25) is 0 Å². The highest BCUT2D eigenvalue weighted by atomic mass is 16.6. The summed E-state index contributed by atoms with van der Waals surface area (Å²) in [5.74, 6) is 3.52. The van der Waals surface area contributed by atoms with E-state index in [4.69, 9.17) is 11.2 Å². The predicted octanol–water partition coefficient (Wildman–Crippen LogP) is 2.12. The van der Waals surface area contributed by atoms with Gasteiger partial charge < -0.3 is 9.64 Å². The molecular weight excluding hydrogens is 190 g/mol. The summed E-state index contributed by atoms with van der Waals surface area (Å²) < 4.78 is 5.23. The van der Waals surface area contributed by atoms with Gasteiger partial charge in [0.15, 0.2) is 0 Å². The van der Waals surface area contributed by atoms with E-state index >= 15 is 0 Å². The molecule has 1 fully saturated rings. The molecule has 0 aromatic carbocycles. The van der Waals surface area contributed by atoms with Crippen LogP contribution in [0.15, 0.2) is 0 Å². The number of rotatable bonds is 2. The zero-order valence-corrected chi connectivity index (χ0v) is 9.91. The fourth-order valence-electron chi connectivity index (χ4n) is 1.42. The van der Waals surface area contributed by atoms with E-state index in [0.717, 1.165) is 6.42 Å². The molecule has 0 bridgehead atoms. The smallest absolute Gasteiger partial charge is 0.410 e. The molecule has 1 rings (SSSR count). The Labute approximate surface area is 91.8 Å². The third kappa shape index (κ3) is 3.83. The molecule has 3 nitrogen and oxygen atoms in total. The van der Waals surface area contributed by atoms with Crippen molar-refractivity contribution in [2.24, 2.45) is 11.8 Å². The Kier molecular flexibility index (Phi) is 3.28. The minimum atomic E-state index is -0.430. The monoisotopic (exact) mass is 209 g/mol. The van der Waals surface area contributed by atoms with Crippen molar-refractivity contribution >= 4 is 6.09 Å². The molecule has 0 heterocycles. The second kappa shape index (κ2) is 4.14. The van der Waals surface area contributed by atoms with Crippen LogP contribution >= 0.6 is 0 Å². The van der Waals surface area contributed by atoms with E-state index in [1.807, 2.05) is 20.8 Å². The van der Waals surface area contributed by atoms with Gasteiger partial charge >= 0.3 is 6.09 Å². The molecule has 1 aliphatic carbocycles. The Bertz CT molecular complexity index is 285. The molecule has 0 saturated heterocycles. The lowest BCUT2D eigenvalue weighted by atomic mass is 10.2. The van der Waals surface area contributed by atoms with Crippen LogP contribution in [-0.2, 0) is 4.74 Å². The van der Waals surface area contributed by atoms with Crippen molar-refractivity contribution in [1.29, 1.82) is 0 Å². The molecule has 2 atom stereocenters. The third-order valence-corrected chi connectivity index (χ3v) is 2.35. The molecule has 1 saturated carbocycles. The number of carbonyl (C=O) groups is 1. The molecule has 0 radical (unpaired) electrons. The van der Waals surface area contributed by atoms with Crippen molar-refractivity contribution in [3.05, 3.63) is 0 Å². The Hall–Kier alpha value is -1.17. The lowest BCUT2D eigenvalue weighted by molar-refractivity contribution is 0.0290. The Morgan fingerprint density at radius 1 is 1.60 bits per heavy atom. The SMILES string of the molecule is C#C[C@H]1C[C@@H]1CN(C)C(=O)OC(C)(C)C. The summed E-state index contributed by atoms with van der Waals surface area (Å²) in [4.78, 5) is 13.2. The van der Waals surface area contributed by atoms with Gasteiger partial charge in [-0.2, -0.15) is 0 Å². The van der Waals surface area contributed by atoms with Crippen LogP contribution in [0.2, 0.25) is 0 Å². The van der Waals surface area contributed by atoms with Gasteiger partial charge in [-0.15, -0.1) is 12.3 Å². The predicted molar refractivity (Wildman–Crippen MR) is 59.3 cm³/mol. The maximum atomic E-state index is 11.6. The van der Waals surface area contributed by atoms with Gasteiger partial charge in [-0.05, 0) is 33.1 Å². The first kappa shape index (κ1) is 11.9. The number of nitrogens with zero attached hydrogens (tertiary/aromatic N) is 1. The lowest BCUT2D eigenvalue weighted by Crippen LogP contribution is -2.35. The summed E-state index contributed by atoms with van der Waals surface area (Å²) in [6.45, 7) is 6.28. The van der Waals surface area contributed by atoms with Crippen LogP contribution in [0, 0.1) is 24.2 Å². The first-order valence-electron chi connectivity index (χ1n) is 5.23. The maximum absolute atomic E-state index is 11.6. The quantitative estimate of drug-likeness (QED) is 0.652. The second-order valence-electron chi connectivity index (χ2n) is 5.13. The number of hydrogen-bond acceptors (Lipinski definition) is 2. The van der Waals surface area contributed by atoms with Gasteiger partial charge in [-0.25, -0.2) is 4.79 Å². The van der Waals surface area contributed by atoms with E-state index in [9.17, 15) is 4.79 Å². The molecule has 15 heavy (non-hydrogen) atoms. The van der Waals surface area contributed by atoms with Crippen molar-refractivity contribution in [2.75, 3.05) is 13.6 Å². The van der Waals surface area contributed by atoms with Crippen LogP contribution < -0.4 is 0 Å². The molecular formula is C12H19NO2. The summed E-state index contributed by atoms with van der Waals surface area (Å²) in [5, 5.41) is 0. The maximum Gasteiger partial charge on any atom is 0.410 e. The van der Waals surface area contributed by atoms with Gasteiger partial charge in [-0.1, -0.05) is 0 Å². The lowest BCUT2D eigenvalue weighted by Gasteiger charge is -2.24. The van der Waals surface area contributed by atoms with Crippen LogP contribution in [0.4, 0.5) is 4.79 Å². The fourth-order valence-corrected chi connectivity index (χ4v) is 1.42. The van der Waals surface area contributed by atoms with Crippen LogP contribution in [0.25, 0.3) is 0 Å². The van der Waals surface area contributed by atoms with Crippen LogP contribution in [-0.4, -0.2) is 30.2 Å². The van der Waals surface area contributed by atoms with Crippen LogP contribution in [0.5, 0.6) is 0 Å². The zero-order chi connectivity index (χ0) is 11.6. The standard InChI is InChI=1S/C12H19NO2/c1-6-9-7-10(9)8-13(5)11(14)15-12(2,3)4/h1,9-10H,7-8H2,2-5H3/t9-,10+/m0/s1. The summed E-state index contributed by atoms with van der Waals surface area (Å²) in [6, 6.07) is 0.